The van der Waals surface area contributed by atoms with Crippen molar-refractivity contribution >= 4 is 5.82 Å². The Labute approximate surface area is 98.2 Å². The molecule has 1 heterocycles. The van der Waals surface area contributed by atoms with E-state index in [0.29, 0.717) is 22.9 Å². The van der Waals surface area contributed by atoms with Crippen LogP contribution in [-0.4, -0.2) is 4.98 Å². The molecule has 1 aromatic heterocycles. The summed E-state index contributed by atoms with van der Waals surface area (Å²) in [5.41, 5.74) is 2.99. The molecular formula is C12H12FN3O. The molecule has 0 saturated heterocycles. The van der Waals surface area contributed by atoms with Crippen LogP contribution in [0.5, 0.6) is 11.5 Å². The summed E-state index contributed by atoms with van der Waals surface area (Å²) >= 11 is 0. The molecular weight excluding hydrogens is 221 g/mol. The molecule has 2 aromatic rings. The van der Waals surface area contributed by atoms with Crippen LogP contribution in [0.1, 0.15) is 5.56 Å². The molecule has 0 saturated carbocycles. The van der Waals surface area contributed by atoms with Gasteiger partial charge in [-0.1, -0.05) is 6.07 Å². The molecule has 0 amide bonds. The summed E-state index contributed by atoms with van der Waals surface area (Å²) in [6.07, 6.45) is 1.55. The van der Waals surface area contributed by atoms with Crippen molar-refractivity contribution in [2.75, 3.05) is 5.43 Å². The summed E-state index contributed by atoms with van der Waals surface area (Å²) in [7, 11) is 0. The van der Waals surface area contributed by atoms with Crippen molar-refractivity contribution in [3.05, 3.63) is 47.9 Å². The van der Waals surface area contributed by atoms with Crippen LogP contribution in [0.3, 0.4) is 0 Å². The van der Waals surface area contributed by atoms with E-state index in [2.05, 4.69) is 10.4 Å². The predicted octanol–water partition coefficient (Wildman–Crippen LogP) is 2.61. The van der Waals surface area contributed by atoms with E-state index in [1.165, 1.54) is 6.07 Å². The van der Waals surface area contributed by atoms with Crippen LogP contribution in [0, 0.1) is 12.7 Å². The predicted molar refractivity (Wildman–Crippen MR) is 63.3 cm³/mol. The Morgan fingerprint density at radius 1 is 1.24 bits per heavy atom. The molecule has 0 bridgehead atoms. The van der Waals surface area contributed by atoms with Crippen molar-refractivity contribution < 1.29 is 9.13 Å². The maximum atomic E-state index is 13.3. The zero-order valence-electron chi connectivity index (χ0n) is 9.27. The second kappa shape index (κ2) is 4.80. The van der Waals surface area contributed by atoms with Crippen LogP contribution >= 0.6 is 0 Å². The lowest BCUT2D eigenvalue weighted by molar-refractivity contribution is 0.475. The summed E-state index contributed by atoms with van der Waals surface area (Å²) < 4.78 is 18.8. The lowest BCUT2D eigenvalue weighted by Gasteiger charge is -2.07. The molecule has 1 aromatic carbocycles. The van der Waals surface area contributed by atoms with Gasteiger partial charge in [-0.2, -0.15) is 0 Å². The molecule has 2 rings (SSSR count). The van der Waals surface area contributed by atoms with Crippen molar-refractivity contribution in [1.82, 2.24) is 4.98 Å². The molecule has 0 unspecified atom stereocenters. The Morgan fingerprint density at radius 3 is 2.71 bits per heavy atom. The summed E-state index contributed by atoms with van der Waals surface area (Å²) in [6.45, 7) is 1.70. The van der Waals surface area contributed by atoms with E-state index in [0.717, 1.165) is 0 Å². The van der Waals surface area contributed by atoms with E-state index >= 15 is 0 Å². The second-order valence-corrected chi connectivity index (χ2v) is 3.53. The smallest absolute Gasteiger partial charge is 0.143 e. The van der Waals surface area contributed by atoms with Gasteiger partial charge in [-0.15, -0.1) is 0 Å². The van der Waals surface area contributed by atoms with Crippen LogP contribution in [0.15, 0.2) is 36.5 Å². The van der Waals surface area contributed by atoms with Crippen LogP contribution in [0.2, 0.25) is 0 Å². The second-order valence-electron chi connectivity index (χ2n) is 3.53. The minimum atomic E-state index is -0.297. The van der Waals surface area contributed by atoms with Crippen molar-refractivity contribution in [3.8, 4) is 11.5 Å². The fourth-order valence-corrected chi connectivity index (χ4v) is 1.33. The molecule has 0 radical (unpaired) electrons. The topological polar surface area (TPSA) is 60.2 Å². The number of hydrogen-bond donors (Lipinski definition) is 2. The number of pyridine rings is 1. The number of nitrogens with zero attached hydrogens (tertiary/aromatic N) is 1. The van der Waals surface area contributed by atoms with Gasteiger partial charge in [0.2, 0.25) is 0 Å². The minimum Gasteiger partial charge on any atom is -0.457 e. The highest BCUT2D eigenvalue weighted by Crippen LogP contribution is 2.24. The van der Waals surface area contributed by atoms with Crippen LogP contribution in [0.4, 0.5) is 10.2 Å². The number of anilines is 1. The number of aryl methyl sites for hydroxylation is 1. The standard InChI is InChI=1S/C12H12FN3O/c1-8-2-3-9(6-11(8)13)17-10-4-5-15-12(7-10)16-14/h2-7H,14H2,1H3,(H,15,16). The minimum absolute atomic E-state index is 0.297. The first kappa shape index (κ1) is 11.3. The Hall–Kier alpha value is -2.14. The Bertz CT molecular complexity index is 531. The fraction of sp³-hybridized carbons (Fsp3) is 0.0833. The monoisotopic (exact) mass is 233 g/mol. The third kappa shape index (κ3) is 2.70. The van der Waals surface area contributed by atoms with Gasteiger partial charge >= 0.3 is 0 Å². The highest BCUT2D eigenvalue weighted by molar-refractivity contribution is 5.41. The number of rotatable bonds is 3. The quantitative estimate of drug-likeness (QED) is 0.632. The lowest BCUT2D eigenvalue weighted by atomic mass is 10.2. The number of nitrogens with one attached hydrogen (secondary N) is 1. The van der Waals surface area contributed by atoms with Gasteiger partial charge in [0.05, 0.1) is 0 Å². The Morgan fingerprint density at radius 2 is 2.00 bits per heavy atom. The van der Waals surface area contributed by atoms with Crippen molar-refractivity contribution in [1.29, 1.82) is 0 Å². The molecule has 3 N–H and O–H groups in total. The van der Waals surface area contributed by atoms with E-state index in [4.69, 9.17) is 10.6 Å². The molecule has 4 nitrogen and oxygen atoms in total. The Balaban J connectivity index is 2.22. The van der Waals surface area contributed by atoms with Gasteiger partial charge < -0.3 is 10.2 Å². The van der Waals surface area contributed by atoms with Gasteiger partial charge in [0, 0.05) is 18.3 Å². The van der Waals surface area contributed by atoms with Gasteiger partial charge in [-0.25, -0.2) is 15.2 Å². The van der Waals surface area contributed by atoms with Crippen molar-refractivity contribution in [2.24, 2.45) is 5.84 Å². The number of ether oxygens (including phenoxy) is 1. The zero-order valence-corrected chi connectivity index (χ0v) is 9.27. The maximum Gasteiger partial charge on any atom is 0.143 e. The molecule has 0 aliphatic rings. The number of hydrogen-bond acceptors (Lipinski definition) is 4. The third-order valence-corrected chi connectivity index (χ3v) is 2.26. The first-order valence-corrected chi connectivity index (χ1v) is 5.06. The first-order valence-electron chi connectivity index (χ1n) is 5.06. The van der Waals surface area contributed by atoms with Gasteiger partial charge in [0.1, 0.15) is 23.1 Å². The van der Waals surface area contributed by atoms with Crippen molar-refractivity contribution in [3.63, 3.8) is 0 Å². The summed E-state index contributed by atoms with van der Waals surface area (Å²) in [5.74, 6) is 6.38. The van der Waals surface area contributed by atoms with Gasteiger partial charge in [-0.05, 0) is 24.6 Å². The molecule has 5 heteroatoms. The summed E-state index contributed by atoms with van der Waals surface area (Å²) in [6, 6.07) is 7.99. The van der Waals surface area contributed by atoms with E-state index in [1.807, 2.05) is 0 Å². The number of benzene rings is 1. The average Bonchev–Trinajstić information content (AvgIpc) is 2.34. The van der Waals surface area contributed by atoms with E-state index in [-0.39, 0.29) is 5.82 Å². The highest BCUT2D eigenvalue weighted by atomic mass is 19.1. The third-order valence-electron chi connectivity index (χ3n) is 2.26. The molecule has 88 valence electrons. The van der Waals surface area contributed by atoms with E-state index in [9.17, 15) is 4.39 Å². The molecule has 0 spiro atoms. The number of hydrazine groups is 1. The van der Waals surface area contributed by atoms with Crippen LogP contribution < -0.4 is 16.0 Å². The molecule has 0 aliphatic heterocycles. The number of nitrogen functional groups attached to an aromatic ring is 1. The van der Waals surface area contributed by atoms with Crippen LogP contribution in [-0.2, 0) is 0 Å². The van der Waals surface area contributed by atoms with Crippen LogP contribution in [0.25, 0.3) is 0 Å². The molecule has 17 heavy (non-hydrogen) atoms. The van der Waals surface area contributed by atoms with E-state index < -0.39 is 0 Å². The molecule has 0 atom stereocenters. The maximum absolute atomic E-state index is 13.3. The lowest BCUT2D eigenvalue weighted by Crippen LogP contribution is -2.08. The average molecular weight is 233 g/mol. The summed E-state index contributed by atoms with van der Waals surface area (Å²) in [5, 5.41) is 0. The highest BCUT2D eigenvalue weighted by Gasteiger charge is 2.02. The van der Waals surface area contributed by atoms with E-state index in [1.54, 1.807) is 37.4 Å². The molecule has 0 fully saturated rings. The zero-order chi connectivity index (χ0) is 12.3. The van der Waals surface area contributed by atoms with Gasteiger partial charge in [-0.3, -0.25) is 0 Å². The number of halogens is 1. The first-order chi connectivity index (χ1) is 8.19. The summed E-state index contributed by atoms with van der Waals surface area (Å²) in [4.78, 5) is 3.94. The SMILES string of the molecule is Cc1ccc(Oc2ccnc(NN)c2)cc1F. The van der Waals surface area contributed by atoms with Gasteiger partial charge in [0.25, 0.3) is 0 Å². The number of aromatic nitrogens is 1. The fourth-order valence-electron chi connectivity index (χ4n) is 1.33. The largest absolute Gasteiger partial charge is 0.457 e. The Kier molecular flexibility index (Phi) is 3.20. The molecule has 0 aliphatic carbocycles. The van der Waals surface area contributed by atoms with Crippen molar-refractivity contribution in [2.45, 2.75) is 6.92 Å². The normalized spacial score (nSPS) is 10.1. The number of nitrogens with two attached hydrogens (primary N) is 1. The van der Waals surface area contributed by atoms with Gasteiger partial charge in [0.15, 0.2) is 0 Å².